The van der Waals surface area contributed by atoms with E-state index in [4.69, 9.17) is 0 Å². The average molecular weight is 361 g/mol. The van der Waals surface area contributed by atoms with Crippen LogP contribution in [0.15, 0.2) is 55.0 Å². The smallest absolute Gasteiger partial charge is 0.240 e. The highest BCUT2D eigenvalue weighted by Crippen LogP contribution is 2.26. The van der Waals surface area contributed by atoms with Crippen LogP contribution in [0.2, 0.25) is 0 Å². The monoisotopic (exact) mass is 361 g/mol. The summed E-state index contributed by atoms with van der Waals surface area (Å²) < 4.78 is 1.80. The molecule has 6 nitrogen and oxygen atoms in total. The molecule has 0 saturated carbocycles. The third kappa shape index (κ3) is 3.75. The summed E-state index contributed by atoms with van der Waals surface area (Å²) in [4.78, 5) is 18.7. The van der Waals surface area contributed by atoms with Crippen molar-refractivity contribution < 1.29 is 4.79 Å². The summed E-state index contributed by atoms with van der Waals surface area (Å²) in [6.45, 7) is 1.68. The number of anilines is 1. The maximum absolute atomic E-state index is 12.7. The summed E-state index contributed by atoms with van der Waals surface area (Å²) in [5.41, 5.74) is 5.32. The molecule has 1 aliphatic heterocycles. The van der Waals surface area contributed by atoms with Gasteiger partial charge in [-0.05, 0) is 36.6 Å². The summed E-state index contributed by atoms with van der Waals surface area (Å²) >= 11 is 0. The number of aryl methyl sites for hydroxylation is 2. The van der Waals surface area contributed by atoms with Crippen LogP contribution in [0.25, 0.3) is 11.3 Å². The maximum Gasteiger partial charge on any atom is 0.240 e. The van der Waals surface area contributed by atoms with E-state index in [-0.39, 0.29) is 5.91 Å². The highest BCUT2D eigenvalue weighted by atomic mass is 16.2. The van der Waals surface area contributed by atoms with Crippen LogP contribution < -0.4 is 10.2 Å². The quantitative estimate of drug-likeness (QED) is 0.759. The van der Waals surface area contributed by atoms with Crippen molar-refractivity contribution in [1.82, 2.24) is 20.1 Å². The Bertz CT molecular complexity index is 935. The highest BCUT2D eigenvalue weighted by Gasteiger charge is 2.21. The Balaban J connectivity index is 1.42. The molecule has 1 aliphatic rings. The van der Waals surface area contributed by atoms with Gasteiger partial charge in [0.25, 0.3) is 0 Å². The van der Waals surface area contributed by atoms with Gasteiger partial charge >= 0.3 is 0 Å². The zero-order chi connectivity index (χ0) is 18.6. The molecule has 1 amide bonds. The van der Waals surface area contributed by atoms with Crippen LogP contribution in [0.4, 0.5) is 5.69 Å². The minimum atomic E-state index is 0.108. The van der Waals surface area contributed by atoms with E-state index in [1.54, 1.807) is 17.1 Å². The second-order valence-corrected chi connectivity index (χ2v) is 6.79. The number of carbonyl (C=O) groups excluding carboxylic acids is 1. The number of hydrogen-bond acceptors (Lipinski definition) is 4. The van der Waals surface area contributed by atoms with Gasteiger partial charge in [0.15, 0.2) is 0 Å². The van der Waals surface area contributed by atoms with Gasteiger partial charge in [-0.25, -0.2) is 0 Å². The van der Waals surface area contributed by atoms with Crippen molar-refractivity contribution in [3.63, 3.8) is 0 Å². The first-order chi connectivity index (χ1) is 13.2. The summed E-state index contributed by atoms with van der Waals surface area (Å²) in [5.74, 6) is 0.108. The van der Waals surface area contributed by atoms with E-state index in [1.807, 2.05) is 48.5 Å². The fraction of sp³-hybridized carbons (Fsp3) is 0.286. The van der Waals surface area contributed by atoms with Crippen LogP contribution in [0, 0.1) is 0 Å². The number of amides is 1. The van der Waals surface area contributed by atoms with Gasteiger partial charge in [-0.15, -0.1) is 0 Å². The average Bonchev–Trinajstić information content (AvgIpc) is 3.08. The summed E-state index contributed by atoms with van der Waals surface area (Å²) in [7, 11) is 1.91. The van der Waals surface area contributed by atoms with Crippen molar-refractivity contribution >= 4 is 11.6 Å². The topological polar surface area (TPSA) is 63.1 Å². The van der Waals surface area contributed by atoms with Crippen molar-refractivity contribution in [1.29, 1.82) is 0 Å². The SMILES string of the molecule is Cn1cc(CNCC(=O)N2CCCc3ccccc32)c(-c2ccncc2)n1. The van der Waals surface area contributed by atoms with Crippen LogP contribution >= 0.6 is 0 Å². The molecular weight excluding hydrogens is 338 g/mol. The predicted octanol–water partition coefficient (Wildman–Crippen LogP) is 2.55. The molecular formula is C21H23N5O. The standard InChI is InChI=1S/C21H23N5O/c1-25-15-18(21(24-25)17-8-10-22-11-9-17)13-23-14-20(27)26-12-4-6-16-5-2-3-7-19(16)26/h2-3,5,7-11,15,23H,4,6,12-14H2,1H3. The Kier molecular flexibility index (Phi) is 4.98. The molecule has 2 aromatic heterocycles. The van der Waals surface area contributed by atoms with Crippen LogP contribution in [0.3, 0.4) is 0 Å². The molecule has 3 heterocycles. The molecule has 3 aromatic rings. The van der Waals surface area contributed by atoms with E-state index < -0.39 is 0 Å². The van der Waals surface area contributed by atoms with Gasteiger partial charge in [-0.1, -0.05) is 18.2 Å². The molecule has 0 fully saturated rings. The lowest BCUT2D eigenvalue weighted by molar-refractivity contribution is -0.117. The Labute approximate surface area is 158 Å². The van der Waals surface area contributed by atoms with E-state index >= 15 is 0 Å². The first kappa shape index (κ1) is 17.4. The molecule has 138 valence electrons. The molecule has 0 saturated heterocycles. The molecule has 4 rings (SSSR count). The minimum Gasteiger partial charge on any atom is -0.311 e. The molecule has 0 spiro atoms. The van der Waals surface area contributed by atoms with Gasteiger partial charge < -0.3 is 10.2 Å². The zero-order valence-corrected chi connectivity index (χ0v) is 15.4. The number of nitrogens with zero attached hydrogens (tertiary/aromatic N) is 4. The molecule has 0 atom stereocenters. The summed E-state index contributed by atoms with van der Waals surface area (Å²) in [5, 5.41) is 7.84. The Morgan fingerprint density at radius 2 is 2.00 bits per heavy atom. The number of pyridine rings is 1. The number of aromatic nitrogens is 3. The maximum atomic E-state index is 12.7. The summed E-state index contributed by atoms with van der Waals surface area (Å²) in [6.07, 6.45) is 7.57. The van der Waals surface area contributed by atoms with E-state index in [2.05, 4.69) is 21.5 Å². The van der Waals surface area contributed by atoms with Gasteiger partial charge in [-0.2, -0.15) is 5.10 Å². The van der Waals surface area contributed by atoms with Gasteiger partial charge in [0.2, 0.25) is 5.91 Å². The van der Waals surface area contributed by atoms with Gasteiger partial charge in [-0.3, -0.25) is 14.5 Å². The van der Waals surface area contributed by atoms with Crippen LogP contribution in [0.5, 0.6) is 0 Å². The third-order valence-electron chi connectivity index (χ3n) is 4.86. The zero-order valence-electron chi connectivity index (χ0n) is 15.4. The molecule has 6 heteroatoms. The van der Waals surface area contributed by atoms with Crippen molar-refractivity contribution in [2.45, 2.75) is 19.4 Å². The predicted molar refractivity (Wildman–Crippen MR) is 105 cm³/mol. The van der Waals surface area contributed by atoms with Crippen molar-refractivity contribution in [3.05, 3.63) is 66.1 Å². The molecule has 0 bridgehead atoms. The molecule has 0 unspecified atom stereocenters. The normalized spacial score (nSPS) is 13.4. The Hall–Kier alpha value is -2.99. The number of rotatable bonds is 5. The lowest BCUT2D eigenvalue weighted by atomic mass is 10.0. The molecule has 27 heavy (non-hydrogen) atoms. The number of benzene rings is 1. The fourth-order valence-electron chi connectivity index (χ4n) is 3.61. The number of fused-ring (bicyclic) bond motifs is 1. The van der Waals surface area contributed by atoms with Crippen LogP contribution in [-0.2, 0) is 24.8 Å². The third-order valence-corrected chi connectivity index (χ3v) is 4.86. The Morgan fingerprint density at radius 1 is 1.19 bits per heavy atom. The number of nitrogens with one attached hydrogen (secondary N) is 1. The van der Waals surface area contributed by atoms with Crippen LogP contribution in [0.1, 0.15) is 17.5 Å². The van der Waals surface area contributed by atoms with Crippen LogP contribution in [-0.4, -0.2) is 33.8 Å². The molecule has 1 aromatic carbocycles. The number of hydrogen-bond donors (Lipinski definition) is 1. The minimum absolute atomic E-state index is 0.108. The van der Waals surface area contributed by atoms with Gasteiger partial charge in [0, 0.05) is 55.5 Å². The largest absolute Gasteiger partial charge is 0.311 e. The first-order valence-electron chi connectivity index (χ1n) is 9.24. The van der Waals surface area contributed by atoms with E-state index in [9.17, 15) is 4.79 Å². The molecule has 0 radical (unpaired) electrons. The summed E-state index contributed by atoms with van der Waals surface area (Å²) in [6, 6.07) is 12.1. The highest BCUT2D eigenvalue weighted by molar-refractivity contribution is 5.95. The van der Waals surface area contributed by atoms with E-state index in [1.165, 1.54) is 5.56 Å². The number of para-hydroxylation sites is 1. The molecule has 0 aliphatic carbocycles. The second-order valence-electron chi connectivity index (χ2n) is 6.79. The number of carbonyl (C=O) groups is 1. The second kappa shape index (κ2) is 7.72. The van der Waals surface area contributed by atoms with Crippen molar-refractivity contribution in [2.75, 3.05) is 18.0 Å². The fourth-order valence-corrected chi connectivity index (χ4v) is 3.61. The Morgan fingerprint density at radius 3 is 2.85 bits per heavy atom. The molecule has 1 N–H and O–H groups in total. The van der Waals surface area contributed by atoms with Gasteiger partial charge in [0.05, 0.1) is 12.2 Å². The first-order valence-corrected chi connectivity index (χ1v) is 9.24. The van der Waals surface area contributed by atoms with E-state index in [0.29, 0.717) is 13.1 Å². The lowest BCUT2D eigenvalue weighted by Crippen LogP contribution is -2.41. The lowest BCUT2D eigenvalue weighted by Gasteiger charge is -2.29. The van der Waals surface area contributed by atoms with Crippen molar-refractivity contribution in [2.24, 2.45) is 7.05 Å². The van der Waals surface area contributed by atoms with E-state index in [0.717, 1.165) is 41.9 Å². The van der Waals surface area contributed by atoms with Crippen molar-refractivity contribution in [3.8, 4) is 11.3 Å². The van der Waals surface area contributed by atoms with Gasteiger partial charge in [0.1, 0.15) is 0 Å².